The molecule has 0 N–H and O–H groups in total. The Balaban J connectivity index is 2.71. The molecule has 28 heavy (non-hydrogen) atoms. The lowest BCUT2D eigenvalue weighted by molar-refractivity contribution is -0.159. The fourth-order valence-electron chi connectivity index (χ4n) is 3.26. The second-order valence-electron chi connectivity index (χ2n) is 8.40. The van der Waals surface area contributed by atoms with Crippen molar-refractivity contribution in [2.45, 2.75) is 71.4 Å². The Morgan fingerprint density at radius 1 is 1.18 bits per heavy atom. The van der Waals surface area contributed by atoms with Gasteiger partial charge in [-0.1, -0.05) is 19.1 Å². The molecule has 0 bridgehead atoms. The topological polar surface area (TPSA) is 72.9 Å². The number of allylic oxidation sites excluding steroid dienone is 2. The van der Waals surface area contributed by atoms with E-state index in [4.69, 9.17) is 9.47 Å². The number of ether oxygens (including phenoxy) is 2. The summed E-state index contributed by atoms with van der Waals surface area (Å²) < 4.78 is 10.8. The second kappa shape index (κ2) is 11.0. The molecule has 6 nitrogen and oxygen atoms in total. The number of hydrogen-bond acceptors (Lipinski definition) is 5. The van der Waals surface area contributed by atoms with E-state index < -0.39 is 17.5 Å². The number of carbonyl (C=O) groups is 3. The minimum Gasteiger partial charge on any atom is -0.463 e. The fourth-order valence-corrected chi connectivity index (χ4v) is 3.26. The van der Waals surface area contributed by atoms with E-state index in [-0.39, 0.29) is 36.9 Å². The average Bonchev–Trinajstić information content (AvgIpc) is 3.05. The van der Waals surface area contributed by atoms with Crippen molar-refractivity contribution in [3.8, 4) is 0 Å². The Morgan fingerprint density at radius 3 is 2.39 bits per heavy atom. The van der Waals surface area contributed by atoms with Crippen LogP contribution in [0.4, 0.5) is 0 Å². The third-order valence-corrected chi connectivity index (χ3v) is 4.63. The van der Waals surface area contributed by atoms with E-state index in [2.05, 4.69) is 13.2 Å². The molecule has 0 aromatic carbocycles. The van der Waals surface area contributed by atoms with Crippen LogP contribution < -0.4 is 0 Å². The van der Waals surface area contributed by atoms with Crippen molar-refractivity contribution >= 4 is 17.8 Å². The first-order chi connectivity index (χ1) is 13.1. The number of hydrogen-bond donors (Lipinski definition) is 0. The molecule has 0 spiro atoms. The van der Waals surface area contributed by atoms with E-state index in [1.54, 1.807) is 44.7 Å². The third kappa shape index (κ3) is 7.87. The van der Waals surface area contributed by atoms with Gasteiger partial charge >= 0.3 is 11.9 Å². The maximum absolute atomic E-state index is 13.0. The van der Waals surface area contributed by atoms with Gasteiger partial charge < -0.3 is 14.4 Å². The van der Waals surface area contributed by atoms with Crippen molar-refractivity contribution in [1.29, 1.82) is 0 Å². The minimum atomic E-state index is -0.592. The van der Waals surface area contributed by atoms with Crippen LogP contribution in [0, 0.1) is 11.8 Å². The van der Waals surface area contributed by atoms with Crippen molar-refractivity contribution in [3.05, 3.63) is 25.3 Å². The summed E-state index contributed by atoms with van der Waals surface area (Å²) in [6.07, 6.45) is 5.94. The maximum Gasteiger partial charge on any atom is 0.309 e. The molecule has 1 fully saturated rings. The fraction of sp³-hybridized carbons (Fsp3) is 0.682. The van der Waals surface area contributed by atoms with Gasteiger partial charge in [-0.25, -0.2) is 0 Å². The normalized spacial score (nSPS) is 18.9. The Hall–Kier alpha value is -2.11. The molecule has 1 saturated heterocycles. The first-order valence-electron chi connectivity index (χ1n) is 9.99. The number of rotatable bonds is 10. The number of amides is 1. The van der Waals surface area contributed by atoms with Gasteiger partial charge in [-0.3, -0.25) is 14.4 Å². The van der Waals surface area contributed by atoms with Crippen LogP contribution in [0.15, 0.2) is 25.3 Å². The average molecular weight is 394 g/mol. The molecule has 0 aromatic heterocycles. The predicted molar refractivity (Wildman–Crippen MR) is 108 cm³/mol. The predicted octanol–water partition coefficient (Wildman–Crippen LogP) is 3.66. The van der Waals surface area contributed by atoms with Crippen molar-refractivity contribution in [2.24, 2.45) is 11.8 Å². The monoisotopic (exact) mass is 393 g/mol. The summed E-state index contributed by atoms with van der Waals surface area (Å²) in [7, 11) is 0. The van der Waals surface area contributed by atoms with Crippen LogP contribution in [-0.4, -0.2) is 47.5 Å². The SMILES string of the molecule is C=CCC(CC(=O)OC(C)(C)C)C(=O)N1CCC[C@H]1COC(=O)[C@H](C)CC=C. The highest BCUT2D eigenvalue weighted by Crippen LogP contribution is 2.24. The van der Waals surface area contributed by atoms with Crippen molar-refractivity contribution < 1.29 is 23.9 Å². The largest absolute Gasteiger partial charge is 0.463 e. The molecule has 1 aliphatic rings. The molecule has 0 radical (unpaired) electrons. The first-order valence-corrected chi connectivity index (χ1v) is 9.99. The highest BCUT2D eigenvalue weighted by atomic mass is 16.6. The van der Waals surface area contributed by atoms with E-state index in [1.165, 1.54) is 0 Å². The summed E-state index contributed by atoms with van der Waals surface area (Å²) in [4.78, 5) is 39.0. The summed E-state index contributed by atoms with van der Waals surface area (Å²) in [6.45, 7) is 15.3. The molecule has 0 aromatic rings. The van der Waals surface area contributed by atoms with Crippen LogP contribution in [0.1, 0.15) is 59.8 Å². The Labute approximate surface area is 168 Å². The van der Waals surface area contributed by atoms with E-state index in [1.807, 2.05) is 0 Å². The highest BCUT2D eigenvalue weighted by molar-refractivity contribution is 5.84. The summed E-state index contributed by atoms with van der Waals surface area (Å²) in [5, 5.41) is 0. The van der Waals surface area contributed by atoms with Crippen LogP contribution in [0.25, 0.3) is 0 Å². The van der Waals surface area contributed by atoms with Gasteiger partial charge in [0.1, 0.15) is 12.2 Å². The Kier molecular flexibility index (Phi) is 9.42. The zero-order chi connectivity index (χ0) is 21.3. The molecule has 0 aliphatic carbocycles. The summed E-state index contributed by atoms with van der Waals surface area (Å²) in [5.41, 5.74) is -0.592. The summed E-state index contributed by atoms with van der Waals surface area (Å²) in [5.74, 6) is -1.54. The molecule has 1 heterocycles. The maximum atomic E-state index is 13.0. The zero-order valence-corrected chi connectivity index (χ0v) is 17.7. The quantitative estimate of drug-likeness (QED) is 0.418. The summed E-state index contributed by atoms with van der Waals surface area (Å²) in [6, 6.07) is -0.154. The number of nitrogens with zero attached hydrogens (tertiary/aromatic N) is 1. The van der Waals surface area contributed by atoms with Crippen LogP contribution in [0.5, 0.6) is 0 Å². The van der Waals surface area contributed by atoms with Crippen LogP contribution >= 0.6 is 0 Å². The van der Waals surface area contributed by atoms with E-state index in [0.29, 0.717) is 19.4 Å². The lowest BCUT2D eigenvalue weighted by Gasteiger charge is -2.29. The van der Waals surface area contributed by atoms with E-state index >= 15 is 0 Å². The van der Waals surface area contributed by atoms with Crippen LogP contribution in [0.3, 0.4) is 0 Å². The lowest BCUT2D eigenvalue weighted by Crippen LogP contribution is -2.43. The molecule has 1 unspecified atom stereocenters. The lowest BCUT2D eigenvalue weighted by atomic mass is 9.99. The zero-order valence-electron chi connectivity index (χ0n) is 17.7. The first kappa shape index (κ1) is 23.9. The minimum absolute atomic E-state index is 0.0154. The molecular weight excluding hydrogens is 358 g/mol. The van der Waals surface area contributed by atoms with Gasteiger partial charge in [-0.05, 0) is 46.5 Å². The Morgan fingerprint density at radius 2 is 1.82 bits per heavy atom. The Bertz CT molecular complexity index is 578. The van der Waals surface area contributed by atoms with Gasteiger partial charge in [0.05, 0.1) is 24.3 Å². The highest BCUT2D eigenvalue weighted by Gasteiger charge is 2.35. The number of carbonyl (C=O) groups excluding carboxylic acids is 3. The van der Waals surface area contributed by atoms with Crippen LogP contribution in [-0.2, 0) is 23.9 Å². The van der Waals surface area contributed by atoms with Gasteiger partial charge in [0, 0.05) is 6.54 Å². The van der Waals surface area contributed by atoms with Crippen molar-refractivity contribution in [1.82, 2.24) is 4.90 Å². The van der Waals surface area contributed by atoms with Gasteiger partial charge in [0.25, 0.3) is 0 Å². The molecule has 1 aliphatic heterocycles. The molecule has 1 rings (SSSR count). The van der Waals surface area contributed by atoms with Gasteiger partial charge in [-0.2, -0.15) is 0 Å². The van der Waals surface area contributed by atoms with Crippen molar-refractivity contribution in [2.75, 3.05) is 13.2 Å². The van der Waals surface area contributed by atoms with Gasteiger partial charge in [0.2, 0.25) is 5.91 Å². The van der Waals surface area contributed by atoms with Gasteiger partial charge in [0.15, 0.2) is 0 Å². The molecule has 1 amide bonds. The van der Waals surface area contributed by atoms with Crippen molar-refractivity contribution in [3.63, 3.8) is 0 Å². The van der Waals surface area contributed by atoms with Crippen LogP contribution in [0.2, 0.25) is 0 Å². The van der Waals surface area contributed by atoms with E-state index in [9.17, 15) is 14.4 Å². The molecule has 0 saturated carbocycles. The summed E-state index contributed by atoms with van der Waals surface area (Å²) >= 11 is 0. The van der Waals surface area contributed by atoms with Gasteiger partial charge in [-0.15, -0.1) is 13.2 Å². The smallest absolute Gasteiger partial charge is 0.309 e. The number of esters is 2. The standard InChI is InChI=1S/C22H35NO5/c1-7-10-16(3)21(26)27-15-18-12-9-13-23(18)20(25)17(11-8-2)14-19(24)28-22(4,5)6/h7-8,16-18H,1-2,9-15H2,3-6H3/t16-,17?,18+/m1/s1. The molecule has 158 valence electrons. The molecule has 6 heteroatoms. The second-order valence-corrected chi connectivity index (χ2v) is 8.40. The molecule has 3 atom stereocenters. The third-order valence-electron chi connectivity index (χ3n) is 4.63. The van der Waals surface area contributed by atoms with E-state index in [0.717, 1.165) is 12.8 Å². The molecular formula is C22H35NO5. The number of likely N-dealkylation sites (tertiary alicyclic amines) is 1.